The molecule has 2 rings (SSSR count). The number of rotatable bonds is 4. The van der Waals surface area contributed by atoms with E-state index in [9.17, 15) is 10.1 Å². The van der Waals surface area contributed by atoms with Gasteiger partial charge in [-0.05, 0) is 47.5 Å². The maximum atomic E-state index is 10.9. The van der Waals surface area contributed by atoms with Crippen LogP contribution in [-0.2, 0) is 0 Å². The average molecular weight is 331 g/mol. The number of halogens is 1. The van der Waals surface area contributed by atoms with Gasteiger partial charge in [0.05, 0.1) is 15.5 Å². The van der Waals surface area contributed by atoms with Crippen LogP contribution < -0.4 is 4.74 Å². The highest BCUT2D eigenvalue weighted by molar-refractivity contribution is 9.10. The van der Waals surface area contributed by atoms with Crippen molar-refractivity contribution >= 4 is 21.6 Å². The maximum absolute atomic E-state index is 10.9. The summed E-state index contributed by atoms with van der Waals surface area (Å²) in [5, 5.41) is 20.0. The van der Waals surface area contributed by atoms with E-state index in [0.29, 0.717) is 10.4 Å². The van der Waals surface area contributed by atoms with Gasteiger partial charge in [-0.2, -0.15) is 0 Å². The predicted molar refractivity (Wildman–Crippen MR) is 72.1 cm³/mol. The van der Waals surface area contributed by atoms with Crippen LogP contribution in [0.15, 0.2) is 16.9 Å². The molecule has 1 aliphatic rings. The standard InChI is InChI=1S/C12H15BrN2O4/c13-10-5-14-6-11(15(17)18)12(10)19-9-3-1-8(7-16)2-4-9/h5-6,8-9,16H,1-4,7H2. The molecule has 0 radical (unpaired) electrons. The molecular formula is C12H15BrN2O4. The van der Waals surface area contributed by atoms with Crippen LogP contribution >= 0.6 is 15.9 Å². The van der Waals surface area contributed by atoms with Crippen LogP contribution in [0.25, 0.3) is 0 Å². The first-order chi connectivity index (χ1) is 9.11. The number of aliphatic hydroxyl groups excluding tert-OH is 1. The molecule has 0 bridgehead atoms. The first-order valence-electron chi connectivity index (χ1n) is 6.17. The first kappa shape index (κ1) is 14.2. The van der Waals surface area contributed by atoms with E-state index in [-0.39, 0.29) is 24.1 Å². The van der Waals surface area contributed by atoms with Crippen molar-refractivity contribution in [1.29, 1.82) is 0 Å². The van der Waals surface area contributed by atoms with Gasteiger partial charge < -0.3 is 9.84 Å². The van der Waals surface area contributed by atoms with Crippen molar-refractivity contribution in [3.8, 4) is 5.75 Å². The Hall–Kier alpha value is -1.21. The van der Waals surface area contributed by atoms with Crippen LogP contribution in [0.2, 0.25) is 0 Å². The van der Waals surface area contributed by atoms with Crippen molar-refractivity contribution in [1.82, 2.24) is 4.98 Å². The average Bonchev–Trinajstić information content (AvgIpc) is 2.41. The highest BCUT2D eigenvalue weighted by Gasteiger charge is 2.26. The summed E-state index contributed by atoms with van der Waals surface area (Å²) in [6.07, 6.45) is 6.02. The molecule has 0 atom stereocenters. The zero-order chi connectivity index (χ0) is 13.8. The molecule has 0 aromatic carbocycles. The Balaban J connectivity index is 2.09. The van der Waals surface area contributed by atoms with Gasteiger partial charge in [0.2, 0.25) is 5.75 Å². The van der Waals surface area contributed by atoms with E-state index in [1.165, 1.54) is 12.4 Å². The van der Waals surface area contributed by atoms with E-state index in [0.717, 1.165) is 25.7 Å². The van der Waals surface area contributed by atoms with Gasteiger partial charge in [0, 0.05) is 12.8 Å². The molecule has 19 heavy (non-hydrogen) atoms. The molecule has 6 nitrogen and oxygen atoms in total. The molecule has 0 amide bonds. The zero-order valence-corrected chi connectivity index (χ0v) is 11.9. The highest BCUT2D eigenvalue weighted by Crippen LogP contribution is 2.36. The van der Waals surface area contributed by atoms with E-state index in [2.05, 4.69) is 20.9 Å². The van der Waals surface area contributed by atoms with E-state index in [1.54, 1.807) is 0 Å². The molecule has 1 heterocycles. The minimum Gasteiger partial charge on any atom is -0.483 e. The molecule has 1 N–H and O–H groups in total. The number of pyridine rings is 1. The van der Waals surface area contributed by atoms with E-state index >= 15 is 0 Å². The molecule has 1 saturated carbocycles. The fourth-order valence-electron chi connectivity index (χ4n) is 2.26. The number of hydrogen-bond donors (Lipinski definition) is 1. The molecule has 104 valence electrons. The third-order valence-corrected chi connectivity index (χ3v) is 3.93. The van der Waals surface area contributed by atoms with Gasteiger partial charge in [-0.1, -0.05) is 0 Å². The maximum Gasteiger partial charge on any atom is 0.330 e. The predicted octanol–water partition coefficient (Wildman–Crippen LogP) is 2.68. The lowest BCUT2D eigenvalue weighted by molar-refractivity contribution is -0.386. The van der Waals surface area contributed by atoms with Crippen molar-refractivity contribution in [3.63, 3.8) is 0 Å². The second kappa shape index (κ2) is 6.29. The van der Waals surface area contributed by atoms with Gasteiger partial charge in [-0.25, -0.2) is 0 Å². The van der Waals surface area contributed by atoms with E-state index in [1.807, 2.05) is 0 Å². The van der Waals surface area contributed by atoms with Crippen molar-refractivity contribution < 1.29 is 14.8 Å². The second-order valence-electron chi connectivity index (χ2n) is 4.67. The molecule has 0 saturated heterocycles. The molecule has 1 aliphatic carbocycles. The Morgan fingerprint density at radius 1 is 1.42 bits per heavy atom. The zero-order valence-electron chi connectivity index (χ0n) is 10.3. The van der Waals surface area contributed by atoms with E-state index < -0.39 is 4.92 Å². The smallest absolute Gasteiger partial charge is 0.330 e. The molecule has 0 aliphatic heterocycles. The summed E-state index contributed by atoms with van der Waals surface area (Å²) >= 11 is 3.24. The fourth-order valence-corrected chi connectivity index (χ4v) is 2.67. The lowest BCUT2D eigenvalue weighted by Gasteiger charge is -2.27. The number of nitro groups is 1. The Kier molecular flexibility index (Phi) is 4.71. The van der Waals surface area contributed by atoms with Crippen molar-refractivity contribution in [2.24, 2.45) is 5.92 Å². The Morgan fingerprint density at radius 3 is 2.68 bits per heavy atom. The van der Waals surface area contributed by atoms with E-state index in [4.69, 9.17) is 9.84 Å². The van der Waals surface area contributed by atoms with Gasteiger partial charge in [-0.15, -0.1) is 0 Å². The summed E-state index contributed by atoms with van der Waals surface area (Å²) in [6, 6.07) is 0. The summed E-state index contributed by atoms with van der Waals surface area (Å²) in [6.45, 7) is 0.200. The van der Waals surface area contributed by atoms with Crippen LogP contribution in [0.1, 0.15) is 25.7 Å². The highest BCUT2D eigenvalue weighted by atomic mass is 79.9. The molecule has 1 fully saturated rings. The van der Waals surface area contributed by atoms with Gasteiger partial charge in [0.15, 0.2) is 0 Å². The summed E-state index contributed by atoms with van der Waals surface area (Å²) in [4.78, 5) is 14.2. The number of aromatic nitrogens is 1. The largest absolute Gasteiger partial charge is 0.483 e. The molecule has 0 unspecified atom stereocenters. The monoisotopic (exact) mass is 330 g/mol. The van der Waals surface area contributed by atoms with Crippen LogP contribution in [0.4, 0.5) is 5.69 Å². The number of nitrogens with zero attached hydrogens (tertiary/aromatic N) is 2. The minimum atomic E-state index is -0.494. The Bertz CT molecular complexity index is 461. The quantitative estimate of drug-likeness (QED) is 0.677. The fraction of sp³-hybridized carbons (Fsp3) is 0.583. The minimum absolute atomic E-state index is 0.0415. The Morgan fingerprint density at radius 2 is 2.11 bits per heavy atom. The van der Waals surface area contributed by atoms with Crippen LogP contribution in [-0.4, -0.2) is 27.7 Å². The first-order valence-corrected chi connectivity index (χ1v) is 6.96. The van der Waals surface area contributed by atoms with Crippen molar-refractivity contribution in [2.75, 3.05) is 6.61 Å². The Labute approximate surface area is 119 Å². The summed E-state index contributed by atoms with van der Waals surface area (Å²) in [5.41, 5.74) is -0.126. The SMILES string of the molecule is O=[N+]([O-])c1cncc(Br)c1OC1CCC(CO)CC1. The van der Waals surface area contributed by atoms with Gasteiger partial charge in [0.25, 0.3) is 0 Å². The van der Waals surface area contributed by atoms with Gasteiger partial charge in [-0.3, -0.25) is 15.1 Å². The lowest BCUT2D eigenvalue weighted by atomic mass is 9.88. The van der Waals surface area contributed by atoms with Crippen LogP contribution in [0.5, 0.6) is 5.75 Å². The number of aliphatic hydroxyl groups is 1. The number of hydrogen-bond acceptors (Lipinski definition) is 5. The van der Waals surface area contributed by atoms with Crippen LogP contribution in [0.3, 0.4) is 0 Å². The third kappa shape index (κ3) is 3.42. The normalized spacial score (nSPS) is 23.1. The summed E-state index contributed by atoms with van der Waals surface area (Å²) in [7, 11) is 0. The molecule has 1 aromatic rings. The lowest BCUT2D eigenvalue weighted by Crippen LogP contribution is -2.26. The van der Waals surface area contributed by atoms with Crippen molar-refractivity contribution in [3.05, 3.63) is 27.0 Å². The number of ether oxygens (including phenoxy) is 1. The van der Waals surface area contributed by atoms with Crippen LogP contribution in [0, 0.1) is 16.0 Å². The summed E-state index contributed by atoms with van der Waals surface area (Å²) < 4.78 is 6.25. The third-order valence-electron chi connectivity index (χ3n) is 3.37. The summed E-state index contributed by atoms with van der Waals surface area (Å²) in [5.74, 6) is 0.572. The van der Waals surface area contributed by atoms with Gasteiger partial charge in [0.1, 0.15) is 6.20 Å². The topological polar surface area (TPSA) is 85.5 Å². The molecular weight excluding hydrogens is 316 g/mol. The molecule has 7 heteroatoms. The molecule has 1 aromatic heterocycles. The second-order valence-corrected chi connectivity index (χ2v) is 5.52. The van der Waals surface area contributed by atoms with Crippen molar-refractivity contribution in [2.45, 2.75) is 31.8 Å². The van der Waals surface area contributed by atoms with Gasteiger partial charge >= 0.3 is 5.69 Å². The molecule has 0 spiro atoms.